The van der Waals surface area contributed by atoms with Crippen LogP contribution in [0.15, 0.2) is 46.9 Å². The number of nitriles is 1. The number of hydrogen-bond acceptors (Lipinski definition) is 3. The summed E-state index contributed by atoms with van der Waals surface area (Å²) in [5.41, 5.74) is 3.49. The van der Waals surface area contributed by atoms with Crippen molar-refractivity contribution in [3.8, 4) is 6.07 Å². The van der Waals surface area contributed by atoms with Gasteiger partial charge in [0.2, 0.25) is 0 Å². The number of anilines is 3. The van der Waals surface area contributed by atoms with E-state index in [1.165, 1.54) is 0 Å². The molecule has 0 aliphatic heterocycles. The van der Waals surface area contributed by atoms with E-state index >= 15 is 0 Å². The summed E-state index contributed by atoms with van der Waals surface area (Å²) >= 11 is 3.42. The average Bonchev–Trinajstić information content (AvgIpc) is 2.39. The van der Waals surface area contributed by atoms with Crippen LogP contribution < -0.4 is 10.2 Å². The summed E-state index contributed by atoms with van der Waals surface area (Å²) in [6.07, 6.45) is 0. The van der Waals surface area contributed by atoms with Crippen LogP contribution in [-0.4, -0.2) is 14.1 Å². The van der Waals surface area contributed by atoms with Gasteiger partial charge in [-0.2, -0.15) is 5.26 Å². The fraction of sp³-hybridized carbons (Fsp3) is 0.133. The zero-order chi connectivity index (χ0) is 13.8. The first-order chi connectivity index (χ1) is 9.10. The molecule has 0 radical (unpaired) electrons. The number of rotatable bonds is 3. The Labute approximate surface area is 121 Å². The molecule has 0 amide bonds. The van der Waals surface area contributed by atoms with Gasteiger partial charge >= 0.3 is 0 Å². The van der Waals surface area contributed by atoms with E-state index in [1.54, 1.807) is 6.07 Å². The molecule has 0 bridgehead atoms. The summed E-state index contributed by atoms with van der Waals surface area (Å²) < 4.78 is 0.942. The number of nitrogens with one attached hydrogen (secondary N) is 1. The van der Waals surface area contributed by atoms with Crippen molar-refractivity contribution in [1.29, 1.82) is 5.26 Å². The second kappa shape index (κ2) is 5.77. The maximum Gasteiger partial charge on any atom is 0.101 e. The van der Waals surface area contributed by atoms with E-state index in [2.05, 4.69) is 27.3 Å². The Hall–Kier alpha value is -1.99. The average molecular weight is 316 g/mol. The molecule has 2 aromatic rings. The van der Waals surface area contributed by atoms with Crippen LogP contribution in [0.5, 0.6) is 0 Å². The minimum absolute atomic E-state index is 0.624. The molecular formula is C15H14BrN3. The number of nitrogens with zero attached hydrogens (tertiary/aromatic N) is 2. The van der Waals surface area contributed by atoms with Crippen LogP contribution in [-0.2, 0) is 0 Å². The van der Waals surface area contributed by atoms with E-state index in [0.29, 0.717) is 5.56 Å². The van der Waals surface area contributed by atoms with Crippen LogP contribution in [0.3, 0.4) is 0 Å². The fourth-order valence-corrected chi connectivity index (χ4v) is 2.10. The highest BCUT2D eigenvalue weighted by molar-refractivity contribution is 9.10. The van der Waals surface area contributed by atoms with Crippen LogP contribution in [0, 0.1) is 11.3 Å². The van der Waals surface area contributed by atoms with Crippen LogP contribution in [0.2, 0.25) is 0 Å². The van der Waals surface area contributed by atoms with Gasteiger partial charge in [0.15, 0.2) is 0 Å². The van der Waals surface area contributed by atoms with E-state index < -0.39 is 0 Å². The maximum atomic E-state index is 9.12. The lowest BCUT2D eigenvalue weighted by molar-refractivity contribution is 1.13. The van der Waals surface area contributed by atoms with Gasteiger partial charge in [0.25, 0.3) is 0 Å². The molecule has 0 saturated heterocycles. The van der Waals surface area contributed by atoms with Gasteiger partial charge in [-0.15, -0.1) is 0 Å². The molecule has 0 aliphatic carbocycles. The van der Waals surface area contributed by atoms with Gasteiger partial charge in [0.1, 0.15) is 6.07 Å². The Balaban J connectivity index is 2.33. The van der Waals surface area contributed by atoms with Crippen LogP contribution in [0.25, 0.3) is 0 Å². The number of halogens is 1. The SMILES string of the molecule is CN(C)c1cccc(Nc2cc(Br)ccc2C#N)c1. The molecular weight excluding hydrogens is 302 g/mol. The summed E-state index contributed by atoms with van der Waals surface area (Å²) in [4.78, 5) is 2.04. The molecule has 0 aromatic heterocycles. The van der Waals surface area contributed by atoms with Crippen LogP contribution in [0.4, 0.5) is 17.1 Å². The van der Waals surface area contributed by atoms with E-state index in [-0.39, 0.29) is 0 Å². The van der Waals surface area contributed by atoms with Crippen molar-refractivity contribution in [3.63, 3.8) is 0 Å². The first-order valence-corrected chi connectivity index (χ1v) is 6.63. The molecule has 96 valence electrons. The lowest BCUT2D eigenvalue weighted by Crippen LogP contribution is -2.08. The van der Waals surface area contributed by atoms with Crippen molar-refractivity contribution in [3.05, 3.63) is 52.5 Å². The zero-order valence-corrected chi connectivity index (χ0v) is 12.4. The molecule has 0 unspecified atom stereocenters. The Morgan fingerprint density at radius 1 is 1.16 bits per heavy atom. The van der Waals surface area contributed by atoms with Crippen molar-refractivity contribution >= 4 is 33.0 Å². The minimum atomic E-state index is 0.624. The highest BCUT2D eigenvalue weighted by atomic mass is 79.9. The molecule has 3 nitrogen and oxygen atoms in total. The summed E-state index contributed by atoms with van der Waals surface area (Å²) in [7, 11) is 4.00. The van der Waals surface area contributed by atoms with Gasteiger partial charge in [-0.05, 0) is 36.4 Å². The molecule has 0 aliphatic rings. The molecule has 2 rings (SSSR count). The molecule has 1 N–H and O–H groups in total. The van der Waals surface area contributed by atoms with Gasteiger partial charge in [-0.3, -0.25) is 0 Å². The highest BCUT2D eigenvalue weighted by Gasteiger charge is 2.04. The minimum Gasteiger partial charge on any atom is -0.378 e. The van der Waals surface area contributed by atoms with Gasteiger partial charge in [0, 0.05) is 29.9 Å². The predicted molar refractivity (Wildman–Crippen MR) is 82.9 cm³/mol. The van der Waals surface area contributed by atoms with Crippen molar-refractivity contribution in [2.45, 2.75) is 0 Å². The third kappa shape index (κ3) is 3.27. The molecule has 0 atom stereocenters. The highest BCUT2D eigenvalue weighted by Crippen LogP contribution is 2.26. The molecule has 2 aromatic carbocycles. The predicted octanol–water partition coefficient (Wildman–Crippen LogP) is 4.13. The first kappa shape index (κ1) is 13.4. The van der Waals surface area contributed by atoms with Crippen molar-refractivity contribution in [1.82, 2.24) is 0 Å². The van der Waals surface area contributed by atoms with E-state index in [9.17, 15) is 0 Å². The summed E-state index contributed by atoms with van der Waals surface area (Å²) in [5.74, 6) is 0. The van der Waals surface area contributed by atoms with Gasteiger partial charge in [0.05, 0.1) is 11.3 Å². The fourth-order valence-electron chi connectivity index (χ4n) is 1.73. The van der Waals surface area contributed by atoms with E-state index in [0.717, 1.165) is 21.5 Å². The second-order valence-electron chi connectivity index (χ2n) is 4.37. The first-order valence-electron chi connectivity index (χ1n) is 5.84. The Kier molecular flexibility index (Phi) is 4.08. The van der Waals surface area contributed by atoms with Gasteiger partial charge in [-0.1, -0.05) is 22.0 Å². The normalized spacial score (nSPS) is 9.79. The van der Waals surface area contributed by atoms with Gasteiger partial charge < -0.3 is 10.2 Å². The Morgan fingerprint density at radius 3 is 2.63 bits per heavy atom. The molecule has 19 heavy (non-hydrogen) atoms. The Morgan fingerprint density at radius 2 is 1.95 bits per heavy atom. The van der Waals surface area contributed by atoms with Gasteiger partial charge in [-0.25, -0.2) is 0 Å². The third-order valence-electron chi connectivity index (χ3n) is 2.74. The summed E-state index contributed by atoms with van der Waals surface area (Å²) in [6, 6.07) is 15.8. The quantitative estimate of drug-likeness (QED) is 0.925. The van der Waals surface area contributed by atoms with Crippen LogP contribution in [0.1, 0.15) is 5.56 Å². The molecule has 0 spiro atoms. The summed E-state index contributed by atoms with van der Waals surface area (Å²) in [5, 5.41) is 12.4. The lowest BCUT2D eigenvalue weighted by Gasteiger charge is -2.15. The van der Waals surface area contributed by atoms with Crippen molar-refractivity contribution in [2.24, 2.45) is 0 Å². The lowest BCUT2D eigenvalue weighted by atomic mass is 10.2. The van der Waals surface area contributed by atoms with E-state index in [1.807, 2.05) is 55.4 Å². The third-order valence-corrected chi connectivity index (χ3v) is 3.24. The number of benzene rings is 2. The van der Waals surface area contributed by atoms with Crippen molar-refractivity contribution < 1.29 is 0 Å². The standard InChI is InChI=1S/C15H14BrN3/c1-19(2)14-5-3-4-13(9-14)18-15-8-12(16)7-6-11(15)10-17/h3-9,18H,1-2H3. The zero-order valence-electron chi connectivity index (χ0n) is 10.8. The second-order valence-corrected chi connectivity index (χ2v) is 5.29. The molecule has 0 fully saturated rings. The largest absolute Gasteiger partial charge is 0.378 e. The molecule has 0 heterocycles. The number of hydrogen-bond donors (Lipinski definition) is 1. The Bertz CT molecular complexity index is 630. The summed E-state index contributed by atoms with van der Waals surface area (Å²) in [6.45, 7) is 0. The smallest absolute Gasteiger partial charge is 0.101 e. The van der Waals surface area contributed by atoms with E-state index in [4.69, 9.17) is 5.26 Å². The van der Waals surface area contributed by atoms with Crippen LogP contribution >= 0.6 is 15.9 Å². The maximum absolute atomic E-state index is 9.12. The molecule has 4 heteroatoms. The van der Waals surface area contributed by atoms with Crippen molar-refractivity contribution in [2.75, 3.05) is 24.3 Å². The topological polar surface area (TPSA) is 39.1 Å². The monoisotopic (exact) mass is 315 g/mol. The molecule has 0 saturated carbocycles.